The lowest BCUT2D eigenvalue weighted by atomic mass is 9.89. The Kier molecular flexibility index (Phi) is 7.70. The summed E-state index contributed by atoms with van der Waals surface area (Å²) in [5.41, 5.74) is 7.94. The van der Waals surface area contributed by atoms with E-state index in [1.54, 1.807) is 7.05 Å². The van der Waals surface area contributed by atoms with Crippen molar-refractivity contribution < 1.29 is 14.1 Å². The smallest absolute Gasteiger partial charge is 0.292 e. The number of fused-ring (bicyclic) bond motifs is 1. The summed E-state index contributed by atoms with van der Waals surface area (Å²) in [7, 11) is 1.66. The Labute approximate surface area is 232 Å². The van der Waals surface area contributed by atoms with Crippen molar-refractivity contribution in [2.24, 2.45) is 5.73 Å². The maximum atomic E-state index is 13.7. The summed E-state index contributed by atoms with van der Waals surface area (Å²) < 4.78 is 5.62. The molecule has 2 unspecified atom stereocenters. The summed E-state index contributed by atoms with van der Waals surface area (Å²) in [6.45, 7) is 2.13. The van der Waals surface area contributed by atoms with Crippen LogP contribution in [0.1, 0.15) is 40.1 Å². The lowest BCUT2D eigenvalue weighted by Crippen LogP contribution is -2.52. The van der Waals surface area contributed by atoms with Gasteiger partial charge in [0.05, 0.1) is 6.04 Å². The van der Waals surface area contributed by atoms with Crippen molar-refractivity contribution in [2.75, 3.05) is 7.05 Å². The second-order valence-electron chi connectivity index (χ2n) is 9.92. The number of carbonyl (C=O) groups is 2. The Morgan fingerprint density at radius 1 is 0.900 bits per heavy atom. The van der Waals surface area contributed by atoms with E-state index in [4.69, 9.17) is 10.3 Å². The van der Waals surface area contributed by atoms with Crippen LogP contribution in [0.3, 0.4) is 0 Å². The molecule has 3 N–H and O–H groups in total. The first-order valence-electron chi connectivity index (χ1n) is 13.1. The molecule has 0 aliphatic heterocycles. The maximum Gasteiger partial charge on any atom is 0.292 e. The normalized spacial score (nSPS) is 13.4. The summed E-state index contributed by atoms with van der Waals surface area (Å²) in [5, 5.41) is 8.96. The van der Waals surface area contributed by atoms with Crippen LogP contribution in [0.25, 0.3) is 10.8 Å². The molecule has 0 fully saturated rings. The van der Waals surface area contributed by atoms with Crippen LogP contribution in [0.2, 0.25) is 0 Å². The fourth-order valence-corrected chi connectivity index (χ4v) is 4.77. The SMILES string of the molecule is CN(C(=O)C(N)Cc1ccc2ccccc2c1)C(C)(c1ccccc1)c1nc(C(=O)NCc2ccccc2)no1. The number of aromatic nitrogens is 2. The molecule has 0 aliphatic rings. The van der Waals surface area contributed by atoms with Crippen molar-refractivity contribution in [3.63, 3.8) is 0 Å². The van der Waals surface area contributed by atoms with Gasteiger partial charge in [0.2, 0.25) is 5.91 Å². The number of hydrogen-bond acceptors (Lipinski definition) is 6. The molecule has 0 spiro atoms. The van der Waals surface area contributed by atoms with Gasteiger partial charge in [0.15, 0.2) is 0 Å². The molecule has 0 saturated heterocycles. The summed E-state index contributed by atoms with van der Waals surface area (Å²) in [5.74, 6) is -0.782. The van der Waals surface area contributed by atoms with Gasteiger partial charge in [-0.2, -0.15) is 4.98 Å². The third kappa shape index (κ3) is 5.48. The molecule has 1 aromatic heterocycles. The lowest BCUT2D eigenvalue weighted by molar-refractivity contribution is -0.136. The van der Waals surface area contributed by atoms with E-state index in [2.05, 4.69) is 21.5 Å². The maximum absolute atomic E-state index is 13.7. The first-order chi connectivity index (χ1) is 19.4. The Bertz CT molecular complexity index is 1620. The zero-order valence-corrected chi connectivity index (χ0v) is 22.5. The van der Waals surface area contributed by atoms with Crippen molar-refractivity contribution in [1.82, 2.24) is 20.4 Å². The van der Waals surface area contributed by atoms with Gasteiger partial charge in [-0.25, -0.2) is 0 Å². The van der Waals surface area contributed by atoms with E-state index >= 15 is 0 Å². The third-order valence-corrected chi connectivity index (χ3v) is 7.27. The first kappa shape index (κ1) is 26.8. The van der Waals surface area contributed by atoms with Gasteiger partial charge >= 0.3 is 0 Å². The Hall–Kier alpha value is -4.82. The summed E-state index contributed by atoms with van der Waals surface area (Å²) in [4.78, 5) is 32.5. The predicted molar refractivity (Wildman–Crippen MR) is 153 cm³/mol. The quantitative estimate of drug-likeness (QED) is 0.289. The summed E-state index contributed by atoms with van der Waals surface area (Å²) in [6, 6.07) is 32.2. The van der Waals surface area contributed by atoms with E-state index in [0.29, 0.717) is 13.0 Å². The van der Waals surface area contributed by atoms with Crippen LogP contribution in [0.5, 0.6) is 0 Å². The van der Waals surface area contributed by atoms with E-state index in [9.17, 15) is 9.59 Å². The number of amides is 2. The minimum absolute atomic E-state index is 0.109. The predicted octanol–water partition coefficient (Wildman–Crippen LogP) is 4.44. The van der Waals surface area contributed by atoms with Crippen LogP contribution < -0.4 is 11.1 Å². The number of hydrogen-bond donors (Lipinski definition) is 2. The number of nitrogens with zero attached hydrogens (tertiary/aromatic N) is 3. The van der Waals surface area contributed by atoms with Crippen molar-refractivity contribution in [2.45, 2.75) is 31.5 Å². The molecule has 40 heavy (non-hydrogen) atoms. The molecular formula is C32H31N5O3. The molecule has 2 atom stereocenters. The zero-order chi connectivity index (χ0) is 28.1. The number of rotatable bonds is 9. The number of nitrogens with two attached hydrogens (primary N) is 1. The highest BCUT2D eigenvalue weighted by Gasteiger charge is 2.43. The first-order valence-corrected chi connectivity index (χ1v) is 13.1. The van der Waals surface area contributed by atoms with Crippen molar-refractivity contribution in [1.29, 1.82) is 0 Å². The molecule has 4 aromatic carbocycles. The lowest BCUT2D eigenvalue weighted by Gasteiger charge is -2.37. The molecule has 0 radical (unpaired) electrons. The van der Waals surface area contributed by atoms with Crippen molar-refractivity contribution >= 4 is 22.6 Å². The molecule has 8 nitrogen and oxygen atoms in total. The molecule has 2 amide bonds. The fourth-order valence-electron chi connectivity index (χ4n) is 4.77. The van der Waals surface area contributed by atoms with Gasteiger partial charge in [-0.15, -0.1) is 0 Å². The molecule has 0 aliphatic carbocycles. The average molecular weight is 534 g/mol. The molecule has 1 heterocycles. The van der Waals surface area contributed by atoms with Crippen LogP contribution in [0.15, 0.2) is 108 Å². The van der Waals surface area contributed by atoms with Crippen LogP contribution in [-0.2, 0) is 23.3 Å². The summed E-state index contributed by atoms with van der Waals surface area (Å²) >= 11 is 0. The van der Waals surface area contributed by atoms with Gasteiger partial charge in [0.1, 0.15) is 5.54 Å². The second-order valence-corrected chi connectivity index (χ2v) is 9.92. The number of likely N-dealkylation sites (N-methyl/N-ethyl adjacent to an activating group) is 1. The second kappa shape index (κ2) is 11.5. The van der Waals surface area contributed by atoms with Crippen LogP contribution in [0, 0.1) is 0 Å². The highest BCUT2D eigenvalue weighted by Crippen LogP contribution is 2.34. The van der Waals surface area contributed by atoms with Gasteiger partial charge < -0.3 is 20.5 Å². The van der Waals surface area contributed by atoms with Crippen LogP contribution in [0.4, 0.5) is 0 Å². The zero-order valence-electron chi connectivity index (χ0n) is 22.5. The fraction of sp³-hybridized carbons (Fsp3) is 0.188. The van der Waals surface area contributed by atoms with Gasteiger partial charge in [-0.05, 0) is 40.8 Å². The van der Waals surface area contributed by atoms with Gasteiger partial charge in [-0.3, -0.25) is 9.59 Å². The molecular weight excluding hydrogens is 502 g/mol. The van der Waals surface area contributed by atoms with E-state index in [1.165, 1.54) is 4.90 Å². The Morgan fingerprint density at radius 3 is 2.27 bits per heavy atom. The van der Waals surface area contributed by atoms with Crippen LogP contribution in [-0.4, -0.2) is 39.9 Å². The van der Waals surface area contributed by atoms with E-state index < -0.39 is 17.5 Å². The largest absolute Gasteiger partial charge is 0.345 e. The standard InChI is InChI=1S/C32H31N5O3/c1-32(26-15-7-4-8-16-26,31-35-28(36-40-31)29(38)34-21-22-11-5-3-6-12-22)37(2)30(39)27(33)20-23-17-18-24-13-9-10-14-25(24)19-23/h3-19,27H,20-21,33H2,1-2H3,(H,34,38). The third-order valence-electron chi connectivity index (χ3n) is 7.27. The Morgan fingerprint density at radius 2 is 1.55 bits per heavy atom. The van der Waals surface area contributed by atoms with Crippen molar-refractivity contribution in [3.05, 3.63) is 132 Å². The topological polar surface area (TPSA) is 114 Å². The molecule has 8 heteroatoms. The minimum atomic E-state index is -1.18. The molecule has 5 aromatic rings. The number of carbonyl (C=O) groups excluding carboxylic acids is 2. The monoisotopic (exact) mass is 533 g/mol. The van der Waals surface area contributed by atoms with Gasteiger partial charge in [0, 0.05) is 13.6 Å². The summed E-state index contributed by atoms with van der Waals surface area (Å²) in [6.07, 6.45) is 0.357. The van der Waals surface area contributed by atoms with E-state index in [0.717, 1.165) is 27.5 Å². The Balaban J connectivity index is 1.38. The molecule has 202 valence electrons. The minimum Gasteiger partial charge on any atom is -0.345 e. The average Bonchev–Trinajstić information content (AvgIpc) is 3.51. The molecule has 0 saturated carbocycles. The van der Waals surface area contributed by atoms with Gasteiger partial charge in [-0.1, -0.05) is 108 Å². The highest BCUT2D eigenvalue weighted by molar-refractivity contribution is 5.90. The molecule has 5 rings (SSSR count). The number of nitrogens with one attached hydrogen (secondary N) is 1. The van der Waals surface area contributed by atoms with Crippen LogP contribution >= 0.6 is 0 Å². The highest BCUT2D eigenvalue weighted by atomic mass is 16.5. The van der Waals surface area contributed by atoms with Gasteiger partial charge in [0.25, 0.3) is 17.6 Å². The number of benzene rings is 4. The van der Waals surface area contributed by atoms with E-state index in [1.807, 2.05) is 104 Å². The molecule has 0 bridgehead atoms. The van der Waals surface area contributed by atoms with E-state index in [-0.39, 0.29) is 17.6 Å². The van der Waals surface area contributed by atoms with Crippen molar-refractivity contribution in [3.8, 4) is 0 Å².